The molecule has 2 aromatic carbocycles. The molecule has 14 nitrogen and oxygen atoms in total. The lowest BCUT2D eigenvalue weighted by Crippen LogP contribution is -2.36. The summed E-state index contributed by atoms with van der Waals surface area (Å²) >= 11 is 1.89. The highest BCUT2D eigenvalue weighted by Crippen LogP contribution is 2.44. The van der Waals surface area contributed by atoms with Crippen molar-refractivity contribution >= 4 is 47.0 Å². The second-order valence-electron chi connectivity index (χ2n) is 14.4. The summed E-state index contributed by atoms with van der Waals surface area (Å²) in [6, 6.07) is 10.5. The molecule has 0 radical (unpaired) electrons. The molecule has 3 atom stereocenters. The number of methoxy groups -OCH3 is 1. The van der Waals surface area contributed by atoms with E-state index < -0.39 is 0 Å². The highest BCUT2D eigenvalue weighted by Gasteiger charge is 2.42. The number of thioether (sulfide) groups is 1. The topological polar surface area (TPSA) is 188 Å². The van der Waals surface area contributed by atoms with E-state index in [1.807, 2.05) is 23.9 Å². The third kappa shape index (κ3) is 11.3. The smallest absolute Gasteiger partial charge is 0.315 e. The molecule has 3 aromatic rings. The fourth-order valence-corrected chi connectivity index (χ4v) is 8.85. The largest absolute Gasteiger partial charge is 0.493 e. The molecule has 1 aliphatic carbocycles. The van der Waals surface area contributed by atoms with Crippen molar-refractivity contribution in [1.29, 1.82) is 0 Å². The Labute approximate surface area is 331 Å². The van der Waals surface area contributed by atoms with Crippen LogP contribution in [0.5, 0.6) is 11.5 Å². The summed E-state index contributed by atoms with van der Waals surface area (Å²) in [7, 11) is 1.59. The Bertz CT molecular complexity index is 1840. The van der Waals surface area contributed by atoms with E-state index in [0.29, 0.717) is 106 Å². The summed E-state index contributed by atoms with van der Waals surface area (Å²) in [5.41, 5.74) is 4.53. The number of H-pyrrole nitrogens is 1. The zero-order chi connectivity index (χ0) is 39.3. The lowest BCUT2D eigenvalue weighted by atomic mass is 10.0. The van der Waals surface area contributed by atoms with Crippen LogP contribution in [0.15, 0.2) is 36.4 Å². The number of rotatable bonds is 23. The van der Waals surface area contributed by atoms with Gasteiger partial charge in [-0.3, -0.25) is 19.5 Å². The molecule has 3 heterocycles. The Morgan fingerprint density at radius 2 is 1.57 bits per heavy atom. The van der Waals surface area contributed by atoms with Gasteiger partial charge in [-0.25, -0.2) is 9.18 Å². The van der Waals surface area contributed by atoms with E-state index in [1.54, 1.807) is 19.2 Å². The Kier molecular flexibility index (Phi) is 14.7. The average Bonchev–Trinajstić information content (AvgIpc) is 3.94. The Hall–Kier alpha value is -4.99. The van der Waals surface area contributed by atoms with Gasteiger partial charge < -0.3 is 41.4 Å². The van der Waals surface area contributed by atoms with Crippen molar-refractivity contribution in [3.05, 3.63) is 53.3 Å². The number of anilines is 2. The van der Waals surface area contributed by atoms with Crippen LogP contribution in [0.4, 0.5) is 20.7 Å². The molecule has 1 aromatic heterocycles. The second kappa shape index (κ2) is 20.3. The molecular weight excluding hydrogens is 740 g/mol. The number of carbonyl (C=O) groups is 4. The number of nitrogens with zero attached hydrogens (tertiary/aromatic N) is 1. The van der Waals surface area contributed by atoms with Crippen LogP contribution in [0.25, 0.3) is 11.3 Å². The van der Waals surface area contributed by atoms with Crippen LogP contribution < -0.4 is 41.4 Å². The molecule has 0 bridgehead atoms. The van der Waals surface area contributed by atoms with Gasteiger partial charge in [0.2, 0.25) is 17.7 Å². The van der Waals surface area contributed by atoms with Gasteiger partial charge in [0.15, 0.2) is 17.3 Å². The number of carbonyl (C=O) groups excluding carboxylic acids is 4. The number of hydrogen-bond donors (Lipinski definition) is 7. The van der Waals surface area contributed by atoms with Gasteiger partial charge in [0.05, 0.1) is 31.5 Å². The van der Waals surface area contributed by atoms with Crippen molar-refractivity contribution in [2.45, 2.75) is 94.4 Å². The Balaban J connectivity index is 0.753. The SMILES string of the molecule is COc1cc2c(cc1OCCCNC(=O)CCCCNC(=O)CCCCNC(=O)CCCCC1SCC3NC(=O)NC31)Cc1c(Nc3cccc(F)c3)n[nH]c1-2. The molecule has 0 saturated carbocycles. The minimum Gasteiger partial charge on any atom is -0.493 e. The normalized spacial score (nSPS) is 17.6. The maximum atomic E-state index is 13.7. The number of halogens is 1. The van der Waals surface area contributed by atoms with Crippen LogP contribution in [0.2, 0.25) is 0 Å². The van der Waals surface area contributed by atoms with Crippen molar-refractivity contribution in [3.8, 4) is 22.8 Å². The van der Waals surface area contributed by atoms with Gasteiger partial charge in [0.25, 0.3) is 0 Å². The zero-order valence-corrected chi connectivity index (χ0v) is 32.7. The fourth-order valence-electron chi connectivity index (χ4n) is 7.31. The van der Waals surface area contributed by atoms with Crippen molar-refractivity contribution < 1.29 is 33.0 Å². The van der Waals surface area contributed by atoms with Gasteiger partial charge in [-0.2, -0.15) is 16.9 Å². The van der Waals surface area contributed by atoms with E-state index in [9.17, 15) is 23.6 Å². The number of fused-ring (bicyclic) bond motifs is 4. The highest BCUT2D eigenvalue weighted by molar-refractivity contribution is 8.00. The van der Waals surface area contributed by atoms with Gasteiger partial charge in [-0.1, -0.05) is 12.5 Å². The number of benzene rings is 2. The van der Waals surface area contributed by atoms with Crippen LogP contribution >= 0.6 is 11.8 Å². The third-order valence-corrected chi connectivity index (χ3v) is 11.8. The standard InChI is InChI=1S/C40H53FN8O6S/c1-54-31-23-28-25(20-29-37(28)48-49-39(29)45-27-11-8-10-26(41)22-27)21-32(31)55-19-9-18-44-36(52)15-5-7-17-43-35(51)14-4-6-16-42-34(50)13-3-2-12-33-38-30(24-56-33)46-40(53)47-38/h8,10-11,21-23,30,33,38H,2-7,9,12-20,24H2,1H3,(H,42,50)(H,43,51)(H,44,52)(H2,45,48,49)(H2,46,47,53). The number of unbranched alkanes of at least 4 members (excludes halogenated alkanes) is 3. The van der Waals surface area contributed by atoms with Crippen molar-refractivity contribution in [2.24, 2.45) is 0 Å². The number of urea groups is 1. The first-order valence-corrected chi connectivity index (χ1v) is 20.7. The van der Waals surface area contributed by atoms with Crippen LogP contribution in [0.3, 0.4) is 0 Å². The molecule has 3 aliphatic rings. The number of nitrogens with one attached hydrogen (secondary N) is 7. The predicted molar refractivity (Wildman–Crippen MR) is 214 cm³/mol. The molecule has 0 spiro atoms. The molecule has 302 valence electrons. The van der Waals surface area contributed by atoms with E-state index >= 15 is 0 Å². The molecule has 16 heteroatoms. The van der Waals surface area contributed by atoms with Crippen LogP contribution in [0.1, 0.15) is 81.8 Å². The van der Waals surface area contributed by atoms with Gasteiger partial charge in [-0.15, -0.1) is 0 Å². The summed E-state index contributed by atoms with van der Waals surface area (Å²) in [5.74, 6) is 2.48. The summed E-state index contributed by atoms with van der Waals surface area (Å²) < 4.78 is 25.3. The molecule has 56 heavy (non-hydrogen) atoms. The van der Waals surface area contributed by atoms with Crippen molar-refractivity contribution in [1.82, 2.24) is 36.8 Å². The molecule has 5 amide bonds. The lowest BCUT2D eigenvalue weighted by Gasteiger charge is -2.16. The monoisotopic (exact) mass is 792 g/mol. The summed E-state index contributed by atoms with van der Waals surface area (Å²) in [4.78, 5) is 48.2. The highest BCUT2D eigenvalue weighted by atomic mass is 32.2. The number of aromatic nitrogens is 2. The molecule has 2 aliphatic heterocycles. The number of amides is 5. The number of hydrogen-bond acceptors (Lipinski definition) is 9. The first-order chi connectivity index (χ1) is 27.3. The maximum absolute atomic E-state index is 13.7. The second-order valence-corrected chi connectivity index (χ2v) is 15.7. The van der Waals surface area contributed by atoms with Crippen LogP contribution in [0, 0.1) is 5.82 Å². The Morgan fingerprint density at radius 1 is 0.875 bits per heavy atom. The first kappa shape index (κ1) is 40.7. The van der Waals surface area contributed by atoms with Crippen LogP contribution in [-0.4, -0.2) is 90.4 Å². The van der Waals surface area contributed by atoms with Gasteiger partial charge in [0.1, 0.15) is 5.82 Å². The number of ether oxygens (including phenoxy) is 2. The van der Waals surface area contributed by atoms with E-state index in [0.717, 1.165) is 53.8 Å². The first-order valence-electron chi connectivity index (χ1n) is 19.7. The summed E-state index contributed by atoms with van der Waals surface area (Å²) in [6.45, 7) is 1.96. The van der Waals surface area contributed by atoms with Crippen LogP contribution in [-0.2, 0) is 20.8 Å². The average molecular weight is 793 g/mol. The Morgan fingerprint density at radius 3 is 2.27 bits per heavy atom. The summed E-state index contributed by atoms with van der Waals surface area (Å²) in [6.07, 6.45) is 8.13. The fraction of sp³-hybridized carbons (Fsp3) is 0.525. The van der Waals surface area contributed by atoms with Gasteiger partial charge in [0, 0.05) is 73.1 Å². The molecule has 6 rings (SSSR count). The van der Waals surface area contributed by atoms with E-state index in [2.05, 4.69) is 42.1 Å². The van der Waals surface area contributed by atoms with E-state index in [-0.39, 0.29) is 41.7 Å². The minimum absolute atomic E-state index is 0.0186. The molecule has 2 saturated heterocycles. The summed E-state index contributed by atoms with van der Waals surface area (Å²) in [5, 5.41) is 25.9. The molecular formula is C40H53FN8O6S. The number of aromatic amines is 1. The zero-order valence-electron chi connectivity index (χ0n) is 31.9. The predicted octanol–water partition coefficient (Wildman–Crippen LogP) is 5.06. The molecule has 3 unspecified atom stereocenters. The quantitative estimate of drug-likeness (QED) is 0.0398. The molecule has 7 N–H and O–H groups in total. The van der Waals surface area contributed by atoms with E-state index in [4.69, 9.17) is 9.47 Å². The molecule has 2 fully saturated rings. The van der Waals surface area contributed by atoms with Gasteiger partial charge in [-0.05, 0) is 80.8 Å². The van der Waals surface area contributed by atoms with E-state index in [1.165, 1.54) is 12.1 Å². The van der Waals surface area contributed by atoms with Crippen molar-refractivity contribution in [3.63, 3.8) is 0 Å². The van der Waals surface area contributed by atoms with Gasteiger partial charge >= 0.3 is 6.03 Å². The maximum Gasteiger partial charge on any atom is 0.315 e. The third-order valence-electron chi connectivity index (χ3n) is 10.3. The lowest BCUT2D eigenvalue weighted by molar-refractivity contribution is -0.122. The minimum atomic E-state index is -0.324. The van der Waals surface area contributed by atoms with Crippen molar-refractivity contribution in [2.75, 3.05) is 44.4 Å².